The van der Waals surface area contributed by atoms with E-state index in [-0.39, 0.29) is 38.3 Å². The first-order valence-electron chi connectivity index (χ1n) is 25.4. The van der Waals surface area contributed by atoms with Crippen LogP contribution in [0.3, 0.4) is 0 Å². The SMILES string of the molecule is CCCCCCCCCCCCCCCC(=O)OCCN(CCO)CCN(CCO)CC[N+](C)(CCO)CCN(CCO)C(=O)CCCCCCCCCCCCCCC. The summed E-state index contributed by atoms with van der Waals surface area (Å²) >= 11 is 0. The Hall–Kier alpha value is -1.34. The molecule has 0 fully saturated rings. The molecule has 0 rings (SSSR count). The number of carbonyl (C=O) groups is 2. The Morgan fingerprint density at radius 1 is 0.417 bits per heavy atom. The van der Waals surface area contributed by atoms with Crippen LogP contribution < -0.4 is 0 Å². The molecular formula is C49H101N4O7+. The minimum absolute atomic E-state index is 0.0147. The van der Waals surface area contributed by atoms with Crippen LogP contribution in [0.15, 0.2) is 0 Å². The minimum Gasteiger partial charge on any atom is -0.464 e. The zero-order chi connectivity index (χ0) is 44.2. The lowest BCUT2D eigenvalue weighted by Crippen LogP contribution is -2.54. The normalized spacial score (nSPS) is 12.8. The third kappa shape index (κ3) is 37.2. The molecule has 0 heterocycles. The van der Waals surface area contributed by atoms with Crippen LogP contribution in [0.2, 0.25) is 0 Å². The number of rotatable bonds is 48. The molecule has 11 nitrogen and oxygen atoms in total. The maximum atomic E-state index is 13.2. The van der Waals surface area contributed by atoms with E-state index in [0.717, 1.165) is 32.2 Å². The van der Waals surface area contributed by atoms with Gasteiger partial charge in [-0.15, -0.1) is 0 Å². The molecule has 0 aliphatic heterocycles. The van der Waals surface area contributed by atoms with Gasteiger partial charge >= 0.3 is 5.97 Å². The summed E-state index contributed by atoms with van der Waals surface area (Å²) in [6.07, 6.45) is 34.0. The van der Waals surface area contributed by atoms with E-state index < -0.39 is 0 Å². The van der Waals surface area contributed by atoms with Crippen molar-refractivity contribution in [2.45, 2.75) is 194 Å². The number of esters is 1. The number of hydrogen-bond donors (Lipinski definition) is 4. The lowest BCUT2D eigenvalue weighted by atomic mass is 10.0. The highest BCUT2D eigenvalue weighted by Crippen LogP contribution is 2.15. The van der Waals surface area contributed by atoms with Crippen LogP contribution in [0.5, 0.6) is 0 Å². The molecule has 0 saturated heterocycles. The fourth-order valence-electron chi connectivity index (χ4n) is 8.14. The van der Waals surface area contributed by atoms with Crippen molar-refractivity contribution in [3.8, 4) is 0 Å². The Bertz CT molecular complexity index is 932. The van der Waals surface area contributed by atoms with Gasteiger partial charge in [0.05, 0.1) is 53.1 Å². The molecule has 0 aliphatic rings. The van der Waals surface area contributed by atoms with Gasteiger partial charge in [0.2, 0.25) is 5.91 Å². The molecule has 1 atom stereocenters. The molecule has 11 heteroatoms. The highest BCUT2D eigenvalue weighted by Gasteiger charge is 2.25. The van der Waals surface area contributed by atoms with Gasteiger partial charge in [0.1, 0.15) is 13.2 Å². The topological polar surface area (TPSA) is 134 Å². The third-order valence-corrected chi connectivity index (χ3v) is 12.4. The fraction of sp³-hybridized carbons (Fsp3) is 0.959. The number of aliphatic hydroxyl groups excluding tert-OH is 4. The number of quaternary nitrogens is 1. The van der Waals surface area contributed by atoms with Crippen molar-refractivity contribution in [1.82, 2.24) is 14.7 Å². The molecule has 1 amide bonds. The number of likely N-dealkylation sites (N-methyl/N-ethyl adjacent to an activating group) is 1. The summed E-state index contributed by atoms with van der Waals surface area (Å²) in [7, 11) is 2.10. The maximum absolute atomic E-state index is 13.2. The molecule has 0 aromatic heterocycles. The molecule has 4 N–H and O–H groups in total. The first-order valence-corrected chi connectivity index (χ1v) is 25.4. The molecule has 0 saturated carbocycles. The maximum Gasteiger partial charge on any atom is 0.305 e. The Morgan fingerprint density at radius 2 is 0.800 bits per heavy atom. The number of amides is 1. The highest BCUT2D eigenvalue weighted by atomic mass is 16.5. The zero-order valence-electron chi connectivity index (χ0n) is 39.9. The second-order valence-corrected chi connectivity index (χ2v) is 18.0. The fourth-order valence-corrected chi connectivity index (χ4v) is 8.14. The van der Waals surface area contributed by atoms with Crippen molar-refractivity contribution in [1.29, 1.82) is 0 Å². The van der Waals surface area contributed by atoms with Crippen LogP contribution >= 0.6 is 0 Å². The van der Waals surface area contributed by atoms with E-state index in [1.54, 1.807) is 4.90 Å². The summed E-state index contributed by atoms with van der Waals surface area (Å²) in [4.78, 5) is 31.7. The average Bonchev–Trinajstić information content (AvgIpc) is 3.23. The average molecular weight is 858 g/mol. The molecule has 0 aliphatic carbocycles. The van der Waals surface area contributed by atoms with Gasteiger partial charge in [0.25, 0.3) is 0 Å². The van der Waals surface area contributed by atoms with E-state index >= 15 is 0 Å². The smallest absolute Gasteiger partial charge is 0.305 e. The standard InChI is InChI=1S/C49H101N4O7/c1-4-6-8-10-12-14-16-18-20-22-24-26-28-30-48(58)52(38-45-56)35-41-53(3,42-46-57)40-34-50(36-43-54)32-33-51(37-44-55)39-47-60-49(59)31-29-27-25-23-21-19-17-15-13-11-9-7-5-2/h54-57H,4-47H2,1-3H3/q+1. The van der Waals surface area contributed by atoms with Crippen molar-refractivity contribution >= 4 is 11.9 Å². The third-order valence-electron chi connectivity index (χ3n) is 12.4. The lowest BCUT2D eigenvalue weighted by molar-refractivity contribution is -0.908. The summed E-state index contributed by atoms with van der Waals surface area (Å²) in [5, 5.41) is 39.3. The monoisotopic (exact) mass is 858 g/mol. The lowest BCUT2D eigenvalue weighted by Gasteiger charge is -2.38. The Labute approximate surface area is 370 Å². The number of nitrogens with zero attached hydrogens (tertiary/aromatic N) is 4. The van der Waals surface area contributed by atoms with Gasteiger partial charge < -0.3 is 34.5 Å². The Morgan fingerprint density at radius 3 is 1.22 bits per heavy atom. The summed E-state index contributed by atoms with van der Waals surface area (Å²) in [6, 6.07) is 0. The summed E-state index contributed by atoms with van der Waals surface area (Å²) in [5.74, 6) is -0.0532. The van der Waals surface area contributed by atoms with Crippen LogP contribution in [-0.4, -0.2) is 164 Å². The molecule has 1 unspecified atom stereocenters. The number of hydrogen-bond acceptors (Lipinski definition) is 9. The van der Waals surface area contributed by atoms with E-state index in [1.165, 1.54) is 141 Å². The van der Waals surface area contributed by atoms with E-state index in [0.29, 0.717) is 89.4 Å². The van der Waals surface area contributed by atoms with Crippen LogP contribution in [-0.2, 0) is 14.3 Å². The largest absolute Gasteiger partial charge is 0.464 e. The highest BCUT2D eigenvalue weighted by molar-refractivity contribution is 5.76. The molecule has 358 valence electrons. The molecule has 0 aromatic rings. The first-order chi connectivity index (χ1) is 29.3. The summed E-state index contributed by atoms with van der Waals surface area (Å²) in [5.41, 5.74) is 0. The van der Waals surface area contributed by atoms with Gasteiger partial charge in [-0.05, 0) is 12.8 Å². The number of unbranched alkanes of at least 4 members (excludes halogenated alkanes) is 24. The molecule has 0 spiro atoms. The summed E-state index contributed by atoms with van der Waals surface area (Å²) < 4.78 is 6.13. The van der Waals surface area contributed by atoms with Crippen molar-refractivity contribution in [2.24, 2.45) is 0 Å². The van der Waals surface area contributed by atoms with Crippen LogP contribution in [0.4, 0.5) is 0 Å². The van der Waals surface area contributed by atoms with Gasteiger partial charge in [0, 0.05) is 58.7 Å². The molecular weight excluding hydrogens is 757 g/mol. The van der Waals surface area contributed by atoms with E-state index in [2.05, 4.69) is 30.7 Å². The van der Waals surface area contributed by atoms with Crippen molar-refractivity contribution in [3.63, 3.8) is 0 Å². The van der Waals surface area contributed by atoms with Gasteiger partial charge in [-0.2, -0.15) is 0 Å². The molecule has 0 aromatic carbocycles. The zero-order valence-corrected chi connectivity index (χ0v) is 39.9. The minimum atomic E-state index is -0.149. The predicted molar refractivity (Wildman–Crippen MR) is 250 cm³/mol. The quantitative estimate of drug-likeness (QED) is 0.0271. The number of aliphatic hydroxyl groups is 4. The second-order valence-electron chi connectivity index (χ2n) is 18.0. The predicted octanol–water partition coefficient (Wildman–Crippen LogP) is 8.34. The van der Waals surface area contributed by atoms with Gasteiger partial charge in [-0.25, -0.2) is 0 Å². The van der Waals surface area contributed by atoms with Crippen LogP contribution in [0.1, 0.15) is 194 Å². The van der Waals surface area contributed by atoms with Crippen LogP contribution in [0.25, 0.3) is 0 Å². The summed E-state index contributed by atoms with van der Waals surface area (Å²) in [6.45, 7) is 11.2. The first kappa shape index (κ1) is 58.7. The van der Waals surface area contributed by atoms with Crippen molar-refractivity contribution < 1.29 is 39.2 Å². The molecule has 60 heavy (non-hydrogen) atoms. The van der Waals surface area contributed by atoms with Crippen LogP contribution in [0, 0.1) is 0 Å². The Kier molecular flexibility index (Phi) is 43.3. The number of carbonyl (C=O) groups excluding carboxylic acids is 2. The van der Waals surface area contributed by atoms with Gasteiger partial charge in [-0.3, -0.25) is 19.4 Å². The van der Waals surface area contributed by atoms with E-state index in [9.17, 15) is 30.0 Å². The van der Waals surface area contributed by atoms with E-state index in [4.69, 9.17) is 4.74 Å². The number of ether oxygens (including phenoxy) is 1. The van der Waals surface area contributed by atoms with Crippen molar-refractivity contribution in [2.75, 3.05) is 112 Å². The second kappa shape index (κ2) is 44.3. The Balaban J connectivity index is 4.51. The molecule has 0 bridgehead atoms. The van der Waals surface area contributed by atoms with Gasteiger partial charge in [-0.1, -0.05) is 168 Å². The van der Waals surface area contributed by atoms with Crippen molar-refractivity contribution in [3.05, 3.63) is 0 Å². The van der Waals surface area contributed by atoms with Gasteiger partial charge in [0.15, 0.2) is 0 Å². The van der Waals surface area contributed by atoms with E-state index in [1.807, 2.05) is 0 Å². The molecule has 0 radical (unpaired) electrons.